The first-order valence-corrected chi connectivity index (χ1v) is 11.2. The Hall–Kier alpha value is -2.90. The fourth-order valence-corrected chi connectivity index (χ4v) is 4.21. The molecule has 174 valence electrons. The van der Waals surface area contributed by atoms with Gasteiger partial charge in [0.05, 0.1) is 29.3 Å². The van der Waals surface area contributed by atoms with E-state index in [9.17, 15) is 14.4 Å². The number of carbonyl (C=O) groups is 2. The molecule has 0 aliphatic carbocycles. The van der Waals surface area contributed by atoms with Crippen molar-refractivity contribution in [2.45, 2.75) is 65.5 Å². The van der Waals surface area contributed by atoms with Crippen LogP contribution in [0.3, 0.4) is 0 Å². The van der Waals surface area contributed by atoms with Crippen molar-refractivity contribution in [2.24, 2.45) is 5.41 Å². The van der Waals surface area contributed by atoms with E-state index in [4.69, 9.17) is 9.47 Å². The molecule has 2 aromatic rings. The number of ether oxygens (including phenoxy) is 2. The van der Waals surface area contributed by atoms with E-state index in [0.717, 1.165) is 11.0 Å². The van der Waals surface area contributed by atoms with Crippen molar-refractivity contribution in [2.75, 3.05) is 19.7 Å². The molecular formula is C24H33N3O5. The topological polar surface area (TPSA) is 90.7 Å². The summed E-state index contributed by atoms with van der Waals surface area (Å²) < 4.78 is 12.6. The molecule has 1 aliphatic rings. The van der Waals surface area contributed by atoms with Crippen molar-refractivity contribution in [3.63, 3.8) is 0 Å². The predicted octanol–water partition coefficient (Wildman–Crippen LogP) is 3.76. The number of nitrogens with zero attached hydrogens (tertiary/aromatic N) is 3. The van der Waals surface area contributed by atoms with Crippen LogP contribution < -0.4 is 5.56 Å². The molecule has 1 aliphatic heterocycles. The Kier molecular flexibility index (Phi) is 7.21. The molecule has 1 aromatic carbocycles. The van der Waals surface area contributed by atoms with Crippen LogP contribution in [0.2, 0.25) is 0 Å². The minimum Gasteiger partial charge on any atom is -0.466 e. The molecule has 32 heavy (non-hydrogen) atoms. The largest absolute Gasteiger partial charge is 0.466 e. The smallest absolute Gasteiger partial charge is 0.410 e. The van der Waals surface area contributed by atoms with Gasteiger partial charge in [0, 0.05) is 19.6 Å². The number of fused-ring (bicyclic) bond motifs is 1. The van der Waals surface area contributed by atoms with Crippen LogP contribution in [-0.2, 0) is 20.8 Å². The second-order valence-corrected chi connectivity index (χ2v) is 9.31. The van der Waals surface area contributed by atoms with Crippen LogP contribution in [0.1, 0.15) is 53.4 Å². The van der Waals surface area contributed by atoms with E-state index in [2.05, 4.69) is 4.98 Å². The van der Waals surface area contributed by atoms with Gasteiger partial charge in [-0.1, -0.05) is 12.1 Å². The third kappa shape index (κ3) is 5.47. The number of aryl methyl sites for hydroxylation is 1. The SMILES string of the molecule is CCOC(=O)C1(CCCn2c(=O)cnc3ccccc32)CCN(C(=O)OC(C)(C)C)CC1. The van der Waals surface area contributed by atoms with Crippen molar-refractivity contribution >= 4 is 23.1 Å². The maximum Gasteiger partial charge on any atom is 0.410 e. The van der Waals surface area contributed by atoms with Gasteiger partial charge < -0.3 is 18.9 Å². The first-order valence-electron chi connectivity index (χ1n) is 11.2. The van der Waals surface area contributed by atoms with Crippen molar-refractivity contribution in [1.29, 1.82) is 0 Å². The molecule has 1 amide bonds. The molecule has 0 N–H and O–H groups in total. The fraction of sp³-hybridized carbons (Fsp3) is 0.583. The first kappa shape index (κ1) is 23.8. The lowest BCUT2D eigenvalue weighted by Crippen LogP contribution is -2.48. The van der Waals surface area contributed by atoms with Crippen molar-refractivity contribution in [3.8, 4) is 0 Å². The summed E-state index contributed by atoms with van der Waals surface area (Å²) in [4.78, 5) is 43.6. The molecule has 0 unspecified atom stereocenters. The van der Waals surface area contributed by atoms with Gasteiger partial charge >= 0.3 is 12.1 Å². The average Bonchev–Trinajstić information content (AvgIpc) is 2.74. The fourth-order valence-electron chi connectivity index (χ4n) is 4.21. The number of hydrogen-bond donors (Lipinski definition) is 0. The Balaban J connectivity index is 1.70. The van der Waals surface area contributed by atoms with Crippen molar-refractivity contribution in [3.05, 3.63) is 40.8 Å². The van der Waals surface area contributed by atoms with E-state index >= 15 is 0 Å². The lowest BCUT2D eigenvalue weighted by Gasteiger charge is -2.40. The number of rotatable bonds is 6. The van der Waals surface area contributed by atoms with Crippen LogP contribution >= 0.6 is 0 Å². The molecule has 1 fully saturated rings. The molecule has 1 saturated heterocycles. The van der Waals surface area contributed by atoms with E-state index in [0.29, 0.717) is 51.9 Å². The van der Waals surface area contributed by atoms with E-state index in [-0.39, 0.29) is 17.6 Å². The number of para-hydroxylation sites is 2. The van der Waals surface area contributed by atoms with Gasteiger partial charge in [0.1, 0.15) is 5.60 Å². The standard InChI is InChI=1S/C24H33N3O5/c1-5-31-21(29)24(12-15-26(16-13-24)22(30)32-23(2,3)4)11-8-14-27-19-10-7-6-9-18(19)25-17-20(27)28/h6-7,9-10,17H,5,8,11-16H2,1-4H3. The van der Waals surface area contributed by atoms with Crippen LogP contribution in [0.15, 0.2) is 35.3 Å². The predicted molar refractivity (Wildman–Crippen MR) is 121 cm³/mol. The highest BCUT2D eigenvalue weighted by molar-refractivity contribution is 5.78. The van der Waals surface area contributed by atoms with Crippen LogP contribution in [0.4, 0.5) is 4.79 Å². The quantitative estimate of drug-likeness (QED) is 0.632. The highest BCUT2D eigenvalue weighted by atomic mass is 16.6. The van der Waals surface area contributed by atoms with Crippen LogP contribution in [0.5, 0.6) is 0 Å². The maximum absolute atomic E-state index is 12.9. The molecule has 0 saturated carbocycles. The Morgan fingerprint density at radius 2 is 1.84 bits per heavy atom. The third-order valence-electron chi connectivity index (χ3n) is 5.87. The van der Waals surface area contributed by atoms with Gasteiger partial charge in [0.15, 0.2) is 0 Å². The third-order valence-corrected chi connectivity index (χ3v) is 5.87. The molecular weight excluding hydrogens is 410 g/mol. The van der Waals surface area contributed by atoms with Gasteiger partial charge in [0.25, 0.3) is 5.56 Å². The highest BCUT2D eigenvalue weighted by Gasteiger charge is 2.43. The summed E-state index contributed by atoms with van der Waals surface area (Å²) in [5.74, 6) is -0.226. The number of aromatic nitrogens is 2. The zero-order valence-corrected chi connectivity index (χ0v) is 19.4. The van der Waals surface area contributed by atoms with E-state index in [1.807, 2.05) is 45.0 Å². The number of hydrogen-bond acceptors (Lipinski definition) is 6. The Labute approximate surface area is 188 Å². The number of benzene rings is 1. The monoisotopic (exact) mass is 443 g/mol. The molecule has 1 aromatic heterocycles. The van der Waals surface area contributed by atoms with Gasteiger partial charge in [-0.3, -0.25) is 9.59 Å². The van der Waals surface area contributed by atoms with Crippen LogP contribution in [0, 0.1) is 5.41 Å². The first-order chi connectivity index (χ1) is 15.1. The Bertz CT molecular complexity index is 1020. The molecule has 8 heteroatoms. The van der Waals surface area contributed by atoms with Gasteiger partial charge in [-0.2, -0.15) is 0 Å². The Morgan fingerprint density at radius 3 is 2.50 bits per heavy atom. The second-order valence-electron chi connectivity index (χ2n) is 9.31. The van der Waals surface area contributed by atoms with Crippen molar-refractivity contribution in [1.82, 2.24) is 14.5 Å². The Morgan fingerprint density at radius 1 is 1.16 bits per heavy atom. The minimum atomic E-state index is -0.666. The van der Waals surface area contributed by atoms with Gasteiger partial charge in [-0.15, -0.1) is 0 Å². The summed E-state index contributed by atoms with van der Waals surface area (Å²) in [6, 6.07) is 7.52. The van der Waals surface area contributed by atoms with Gasteiger partial charge in [-0.25, -0.2) is 9.78 Å². The highest BCUT2D eigenvalue weighted by Crippen LogP contribution is 2.38. The van der Waals surface area contributed by atoms with E-state index < -0.39 is 11.0 Å². The molecule has 0 atom stereocenters. The summed E-state index contributed by atoms with van der Waals surface area (Å²) >= 11 is 0. The molecule has 3 rings (SSSR count). The summed E-state index contributed by atoms with van der Waals surface area (Å²) in [7, 11) is 0. The molecule has 0 spiro atoms. The normalized spacial score (nSPS) is 16.1. The van der Waals surface area contributed by atoms with Crippen molar-refractivity contribution < 1.29 is 19.1 Å². The lowest BCUT2D eigenvalue weighted by molar-refractivity contribution is -0.159. The zero-order valence-electron chi connectivity index (χ0n) is 19.4. The number of carbonyl (C=O) groups excluding carboxylic acids is 2. The molecule has 8 nitrogen and oxygen atoms in total. The number of piperidine rings is 1. The maximum atomic E-state index is 12.9. The summed E-state index contributed by atoms with van der Waals surface area (Å²) in [6.45, 7) is 8.97. The molecule has 0 radical (unpaired) electrons. The number of esters is 1. The minimum absolute atomic E-state index is 0.159. The second kappa shape index (κ2) is 9.71. The number of likely N-dealkylation sites (tertiary alicyclic amines) is 1. The summed E-state index contributed by atoms with van der Waals surface area (Å²) in [5.41, 5.74) is 0.158. The van der Waals surface area contributed by atoms with E-state index in [1.54, 1.807) is 16.4 Å². The average molecular weight is 444 g/mol. The van der Waals surface area contributed by atoms with Crippen LogP contribution in [-0.4, -0.2) is 51.8 Å². The molecule has 0 bridgehead atoms. The van der Waals surface area contributed by atoms with E-state index in [1.165, 1.54) is 6.20 Å². The number of amides is 1. The van der Waals surface area contributed by atoms with Gasteiger partial charge in [-0.05, 0) is 65.5 Å². The lowest BCUT2D eigenvalue weighted by atomic mass is 9.74. The molecule has 2 heterocycles. The van der Waals surface area contributed by atoms with Gasteiger partial charge in [0.2, 0.25) is 0 Å². The zero-order chi connectivity index (χ0) is 23.4. The summed E-state index contributed by atoms with van der Waals surface area (Å²) in [5, 5.41) is 0. The summed E-state index contributed by atoms with van der Waals surface area (Å²) in [6.07, 6.45) is 3.22. The van der Waals surface area contributed by atoms with Crippen LogP contribution in [0.25, 0.3) is 11.0 Å².